The van der Waals surface area contributed by atoms with Crippen LogP contribution in [0.15, 0.2) is 0 Å². The third-order valence-corrected chi connectivity index (χ3v) is 8.92. The van der Waals surface area contributed by atoms with Gasteiger partial charge in [0.25, 0.3) is 0 Å². The van der Waals surface area contributed by atoms with Gasteiger partial charge >= 0.3 is 5.97 Å². The molecule has 0 radical (unpaired) electrons. The van der Waals surface area contributed by atoms with Crippen LogP contribution in [0, 0.1) is 0 Å². The Balaban J connectivity index is 3.08. The Morgan fingerprint density at radius 2 is 0.311 bits per heavy atom. The lowest BCUT2D eigenvalue weighted by Crippen LogP contribution is -2.16. The lowest BCUT2D eigenvalue weighted by molar-refractivity contribution is -0.137. The molecule has 0 atom stereocenters. The van der Waals surface area contributed by atoms with E-state index in [-0.39, 0.29) is 6.42 Å². The van der Waals surface area contributed by atoms with E-state index in [0.717, 1.165) is 0 Å². The molecule has 0 aromatic heterocycles. The lowest BCUT2D eigenvalue weighted by atomic mass is 10.3. The van der Waals surface area contributed by atoms with Crippen LogP contribution in [0.4, 0.5) is 0 Å². The van der Waals surface area contributed by atoms with Gasteiger partial charge in [-0.2, -0.15) is 0 Å². The van der Waals surface area contributed by atoms with Gasteiger partial charge in [0, 0.05) is 20.1 Å². The van der Waals surface area contributed by atoms with Crippen molar-refractivity contribution in [3.63, 3.8) is 0 Å². The minimum atomic E-state index is -0.817. The molecule has 0 fully saturated rings. The van der Waals surface area contributed by atoms with Crippen LogP contribution in [0.3, 0.4) is 0 Å². The van der Waals surface area contributed by atoms with Crippen molar-refractivity contribution in [2.75, 3.05) is 304 Å². The Bertz CT molecular complexity index is 1010. The van der Waals surface area contributed by atoms with Gasteiger partial charge in [0.15, 0.2) is 0 Å². The normalized spacial score (nSPS) is 11.7. The fourth-order valence-corrected chi connectivity index (χ4v) is 5.19. The molecule has 1 N–H and O–H groups in total. The highest BCUT2D eigenvalue weighted by atomic mass is 16.6. The summed E-state index contributed by atoms with van der Waals surface area (Å²) < 4.78 is 125. The van der Waals surface area contributed by atoms with Crippen LogP contribution in [0.2, 0.25) is 0 Å². The summed E-state index contributed by atoms with van der Waals surface area (Å²) in [6, 6.07) is 0. The topological polar surface area (TPSA) is 250 Å². The molecule has 0 unspecified atom stereocenters. The summed E-state index contributed by atoms with van der Waals surface area (Å²) in [6.07, 6.45) is 0.613. The number of carboxylic acid groups (broad SMARTS) is 1. The summed E-state index contributed by atoms with van der Waals surface area (Å²) in [4.78, 5) is 10.4. The van der Waals surface area contributed by atoms with E-state index in [1.807, 2.05) is 0 Å². The predicted octanol–water partition coefficient (Wildman–Crippen LogP) is 0.863. The van der Waals surface area contributed by atoms with Crippen molar-refractivity contribution in [2.24, 2.45) is 0 Å². The molecule has 0 aliphatic rings. The first-order valence-corrected chi connectivity index (χ1v) is 26.2. The van der Waals surface area contributed by atoms with Crippen molar-refractivity contribution in [2.45, 2.75) is 12.8 Å². The minimum Gasteiger partial charge on any atom is -0.481 e. The van der Waals surface area contributed by atoms with Gasteiger partial charge in [0.05, 0.1) is 291 Å². The van der Waals surface area contributed by atoms with Crippen molar-refractivity contribution in [1.29, 1.82) is 0 Å². The summed E-state index contributed by atoms with van der Waals surface area (Å²) in [7, 11) is 1.64. The molecule has 0 saturated heterocycles. The Hall–Kier alpha value is -1.45. The van der Waals surface area contributed by atoms with Crippen molar-refractivity contribution >= 4 is 5.97 Å². The second kappa shape index (κ2) is 69.6. The van der Waals surface area contributed by atoms with Gasteiger partial charge in [-0.3, -0.25) is 4.79 Å². The maximum Gasteiger partial charge on any atom is 0.303 e. The van der Waals surface area contributed by atoms with Crippen molar-refractivity contribution in [3.8, 4) is 0 Å². The first kappa shape index (κ1) is 72.5. The van der Waals surface area contributed by atoms with Crippen LogP contribution >= 0.6 is 0 Å². The van der Waals surface area contributed by atoms with Gasteiger partial charge in [0.2, 0.25) is 0 Å². The van der Waals surface area contributed by atoms with Crippen molar-refractivity contribution in [1.82, 2.24) is 0 Å². The Morgan fingerprint density at radius 1 is 0.203 bits per heavy atom. The van der Waals surface area contributed by atoms with Crippen molar-refractivity contribution in [3.05, 3.63) is 0 Å². The Labute approximate surface area is 441 Å². The van der Waals surface area contributed by atoms with Crippen LogP contribution < -0.4 is 0 Å². The van der Waals surface area contributed by atoms with Gasteiger partial charge in [-0.25, -0.2) is 0 Å². The number of rotatable bonds is 70. The van der Waals surface area contributed by atoms with Gasteiger partial charge in [-0.1, -0.05) is 0 Å². The predicted molar refractivity (Wildman–Crippen MR) is 267 cm³/mol. The number of carbonyl (C=O) groups is 1. The highest BCUT2D eigenvalue weighted by molar-refractivity contribution is 5.66. The molecule has 25 heteroatoms. The van der Waals surface area contributed by atoms with E-state index in [2.05, 4.69) is 0 Å². The fraction of sp³-hybridized carbons (Fsp3) is 0.980. The van der Waals surface area contributed by atoms with Gasteiger partial charge in [-0.05, 0) is 6.42 Å². The Kier molecular flexibility index (Phi) is 68.2. The summed E-state index contributed by atoms with van der Waals surface area (Å²) >= 11 is 0. The highest BCUT2D eigenvalue weighted by Gasteiger charge is 2.01. The second-order valence-corrected chi connectivity index (χ2v) is 15.0. The molecule has 0 bridgehead atoms. The molecule has 74 heavy (non-hydrogen) atoms. The zero-order chi connectivity index (χ0) is 53.1. The van der Waals surface area contributed by atoms with Crippen LogP contribution in [0.25, 0.3) is 0 Å². The third-order valence-electron chi connectivity index (χ3n) is 8.92. The quantitative estimate of drug-likeness (QED) is 0.0830. The standard InChI is InChI=1S/C49H98O25/c1-52-5-6-54-9-10-56-13-14-58-17-18-60-21-22-62-25-26-64-29-30-66-33-34-68-37-38-70-41-42-72-45-46-74-48-47-73-44-43-71-40-39-69-36-35-67-32-31-65-28-27-63-24-23-61-20-19-59-16-15-57-12-11-55-8-7-53-4-2-3-49(50)51/h2-48H2,1H3,(H,50,51). The van der Waals surface area contributed by atoms with Gasteiger partial charge in [0.1, 0.15) is 0 Å². The average Bonchev–Trinajstić information content (AvgIpc) is 3.40. The number of hydrogen-bond acceptors (Lipinski definition) is 24. The number of carboxylic acids is 1. The molecule has 0 spiro atoms. The van der Waals surface area contributed by atoms with Crippen LogP contribution in [-0.4, -0.2) is 315 Å². The monoisotopic (exact) mass is 1090 g/mol. The number of aliphatic carboxylic acids is 1. The molecule has 0 heterocycles. The smallest absolute Gasteiger partial charge is 0.303 e. The summed E-state index contributed by atoms with van der Waals surface area (Å²) in [5.41, 5.74) is 0. The molecular weight excluding hydrogens is 989 g/mol. The van der Waals surface area contributed by atoms with E-state index >= 15 is 0 Å². The third kappa shape index (κ3) is 70.5. The molecule has 444 valence electrons. The molecule has 0 amide bonds. The molecule has 0 aromatic rings. The molecule has 0 aliphatic carbocycles. The number of ether oxygens (including phenoxy) is 23. The summed E-state index contributed by atoms with van der Waals surface area (Å²) in [5.74, 6) is -0.817. The first-order valence-electron chi connectivity index (χ1n) is 26.2. The molecule has 0 aliphatic heterocycles. The zero-order valence-corrected chi connectivity index (χ0v) is 45.0. The van der Waals surface area contributed by atoms with E-state index in [0.29, 0.717) is 304 Å². The average molecular weight is 1090 g/mol. The fourth-order valence-electron chi connectivity index (χ4n) is 5.19. The van der Waals surface area contributed by atoms with Crippen molar-refractivity contribution < 1.29 is 119 Å². The van der Waals surface area contributed by atoms with E-state index in [1.165, 1.54) is 0 Å². The minimum absolute atomic E-state index is 0.113. The maximum absolute atomic E-state index is 10.4. The molecule has 0 aromatic carbocycles. The highest BCUT2D eigenvalue weighted by Crippen LogP contribution is 1.92. The largest absolute Gasteiger partial charge is 0.481 e. The van der Waals surface area contributed by atoms with E-state index in [4.69, 9.17) is 114 Å². The molecular formula is C49H98O25. The lowest BCUT2D eigenvalue weighted by Gasteiger charge is -2.09. The molecule has 0 rings (SSSR count). The first-order chi connectivity index (χ1) is 36.8. The van der Waals surface area contributed by atoms with Crippen LogP contribution in [0.5, 0.6) is 0 Å². The van der Waals surface area contributed by atoms with Crippen LogP contribution in [-0.2, 0) is 114 Å². The van der Waals surface area contributed by atoms with Crippen LogP contribution in [0.1, 0.15) is 12.8 Å². The van der Waals surface area contributed by atoms with E-state index < -0.39 is 5.97 Å². The summed E-state index contributed by atoms with van der Waals surface area (Å²) in [5, 5.41) is 8.55. The zero-order valence-electron chi connectivity index (χ0n) is 45.0. The maximum atomic E-state index is 10.4. The van der Waals surface area contributed by atoms with Gasteiger partial charge in [-0.15, -0.1) is 0 Å². The summed E-state index contributed by atoms with van der Waals surface area (Å²) in [6.45, 7) is 22.1. The molecule has 25 nitrogen and oxygen atoms in total. The second-order valence-electron chi connectivity index (χ2n) is 15.0. The molecule has 0 saturated carbocycles. The number of methoxy groups -OCH3 is 1. The number of hydrogen-bond donors (Lipinski definition) is 1. The Morgan fingerprint density at radius 3 is 0.419 bits per heavy atom. The van der Waals surface area contributed by atoms with E-state index in [9.17, 15) is 4.79 Å². The van der Waals surface area contributed by atoms with E-state index in [1.54, 1.807) is 7.11 Å². The SMILES string of the molecule is COCCOCCOCCOCCOCCOCCOCCOCCOCCOCCOCCOCCOCCOCCOCCOCCOCCOCCOCCOCCOCCOCCOCCCC(=O)O. The van der Waals surface area contributed by atoms with Gasteiger partial charge < -0.3 is 114 Å².